The number of benzene rings is 1. The average Bonchev–Trinajstić information content (AvgIpc) is 3.03. The van der Waals surface area contributed by atoms with Gasteiger partial charge in [0.05, 0.1) is 12.8 Å². The highest BCUT2D eigenvalue weighted by Gasteiger charge is 2.17. The number of rotatable bonds is 6. The SMILES string of the molecule is COc1cccc(C(O)C(=O)NCCc2cn3ccccc3n2)c1. The third-order valence-corrected chi connectivity index (χ3v) is 3.75. The number of methoxy groups -OCH3 is 1. The van der Waals surface area contributed by atoms with E-state index < -0.39 is 12.0 Å². The van der Waals surface area contributed by atoms with Gasteiger partial charge in [-0.25, -0.2) is 4.98 Å². The van der Waals surface area contributed by atoms with Crippen LogP contribution in [0.1, 0.15) is 17.4 Å². The van der Waals surface area contributed by atoms with E-state index >= 15 is 0 Å². The Morgan fingerprint density at radius 3 is 3.00 bits per heavy atom. The lowest BCUT2D eigenvalue weighted by atomic mass is 10.1. The number of amides is 1. The molecule has 0 radical (unpaired) electrons. The zero-order valence-corrected chi connectivity index (χ0v) is 13.3. The highest BCUT2D eigenvalue weighted by molar-refractivity contribution is 5.82. The minimum Gasteiger partial charge on any atom is -0.497 e. The molecule has 124 valence electrons. The van der Waals surface area contributed by atoms with Gasteiger partial charge in [-0.05, 0) is 29.8 Å². The number of aliphatic hydroxyl groups is 1. The Balaban J connectivity index is 1.56. The molecule has 3 aromatic rings. The van der Waals surface area contributed by atoms with E-state index in [9.17, 15) is 9.90 Å². The zero-order chi connectivity index (χ0) is 16.9. The van der Waals surface area contributed by atoms with Gasteiger partial charge in [0.2, 0.25) is 0 Å². The molecular formula is C18H19N3O3. The average molecular weight is 325 g/mol. The first kappa shape index (κ1) is 16.0. The van der Waals surface area contributed by atoms with Gasteiger partial charge in [-0.15, -0.1) is 0 Å². The van der Waals surface area contributed by atoms with Gasteiger partial charge in [0, 0.05) is 25.4 Å². The van der Waals surface area contributed by atoms with E-state index in [-0.39, 0.29) is 0 Å². The minimum atomic E-state index is -1.22. The number of carbonyl (C=O) groups is 1. The van der Waals surface area contributed by atoms with Crippen LogP contribution in [-0.2, 0) is 11.2 Å². The van der Waals surface area contributed by atoms with Crippen molar-refractivity contribution in [1.82, 2.24) is 14.7 Å². The fourth-order valence-corrected chi connectivity index (χ4v) is 2.48. The Kier molecular flexibility index (Phi) is 4.77. The van der Waals surface area contributed by atoms with Crippen LogP contribution in [0.5, 0.6) is 5.75 Å². The molecule has 1 unspecified atom stereocenters. The summed E-state index contributed by atoms with van der Waals surface area (Å²) in [5.41, 5.74) is 2.26. The van der Waals surface area contributed by atoms with Crippen LogP contribution in [0.2, 0.25) is 0 Å². The summed E-state index contributed by atoms with van der Waals surface area (Å²) in [4.78, 5) is 16.5. The van der Waals surface area contributed by atoms with Crippen molar-refractivity contribution in [3.05, 3.63) is 66.1 Å². The maximum atomic E-state index is 12.1. The second kappa shape index (κ2) is 7.14. The summed E-state index contributed by atoms with van der Waals surface area (Å²) >= 11 is 0. The molecule has 2 aromatic heterocycles. The van der Waals surface area contributed by atoms with E-state index in [1.165, 1.54) is 0 Å². The molecule has 24 heavy (non-hydrogen) atoms. The Morgan fingerprint density at radius 1 is 1.33 bits per heavy atom. The number of fused-ring (bicyclic) bond motifs is 1. The zero-order valence-electron chi connectivity index (χ0n) is 13.3. The minimum absolute atomic E-state index is 0.406. The summed E-state index contributed by atoms with van der Waals surface area (Å²) in [7, 11) is 1.54. The predicted octanol–water partition coefficient (Wildman–Crippen LogP) is 1.74. The molecule has 2 heterocycles. The second-order valence-corrected chi connectivity index (χ2v) is 5.42. The van der Waals surface area contributed by atoms with Crippen LogP contribution >= 0.6 is 0 Å². The van der Waals surface area contributed by atoms with Gasteiger partial charge < -0.3 is 19.6 Å². The number of nitrogens with one attached hydrogen (secondary N) is 1. The standard InChI is InChI=1S/C18H19N3O3/c1-24-15-6-4-5-13(11-15)17(22)18(23)19-9-8-14-12-21-10-3-2-7-16(21)20-14/h2-7,10-12,17,22H,8-9H2,1H3,(H,19,23). The highest BCUT2D eigenvalue weighted by Crippen LogP contribution is 2.19. The van der Waals surface area contributed by atoms with E-state index in [4.69, 9.17) is 4.74 Å². The summed E-state index contributed by atoms with van der Waals surface area (Å²) in [6, 6.07) is 12.6. The van der Waals surface area contributed by atoms with Crippen LogP contribution in [0.3, 0.4) is 0 Å². The lowest BCUT2D eigenvalue weighted by molar-refractivity contribution is -0.129. The summed E-state index contributed by atoms with van der Waals surface area (Å²) in [5, 5.41) is 12.9. The third kappa shape index (κ3) is 3.55. The van der Waals surface area contributed by atoms with E-state index in [1.807, 2.05) is 35.0 Å². The Hall–Kier alpha value is -2.86. The van der Waals surface area contributed by atoms with Crippen LogP contribution < -0.4 is 10.1 Å². The quantitative estimate of drug-likeness (QED) is 0.724. The molecule has 0 aliphatic rings. The molecule has 0 aliphatic carbocycles. The van der Waals surface area contributed by atoms with Crippen molar-refractivity contribution in [2.75, 3.05) is 13.7 Å². The van der Waals surface area contributed by atoms with E-state index in [0.717, 1.165) is 11.3 Å². The predicted molar refractivity (Wildman–Crippen MR) is 89.9 cm³/mol. The number of aliphatic hydroxyl groups excluding tert-OH is 1. The molecule has 3 rings (SSSR count). The summed E-state index contributed by atoms with van der Waals surface area (Å²) in [5.74, 6) is 0.163. The Bertz CT molecular complexity index is 811. The largest absolute Gasteiger partial charge is 0.497 e. The van der Waals surface area contributed by atoms with Crippen LogP contribution in [0.25, 0.3) is 5.65 Å². The summed E-state index contributed by atoms with van der Waals surface area (Å²) in [6.07, 6.45) is 3.23. The molecule has 0 spiro atoms. The van der Waals surface area contributed by atoms with Crippen molar-refractivity contribution in [3.8, 4) is 5.75 Å². The van der Waals surface area contributed by atoms with Crippen LogP contribution in [0.15, 0.2) is 54.9 Å². The third-order valence-electron chi connectivity index (χ3n) is 3.75. The number of imidazole rings is 1. The first-order valence-corrected chi connectivity index (χ1v) is 7.70. The molecule has 6 nitrogen and oxygen atoms in total. The molecule has 0 bridgehead atoms. The molecule has 1 amide bonds. The first-order valence-electron chi connectivity index (χ1n) is 7.70. The number of hydrogen-bond acceptors (Lipinski definition) is 4. The van der Waals surface area contributed by atoms with E-state index in [2.05, 4.69) is 10.3 Å². The molecule has 2 N–H and O–H groups in total. The van der Waals surface area contributed by atoms with Crippen molar-refractivity contribution in [3.63, 3.8) is 0 Å². The van der Waals surface area contributed by atoms with Crippen LogP contribution in [-0.4, -0.2) is 34.1 Å². The molecule has 0 saturated carbocycles. The molecular weight excluding hydrogens is 306 g/mol. The van der Waals surface area contributed by atoms with Gasteiger partial charge in [0.1, 0.15) is 11.4 Å². The maximum Gasteiger partial charge on any atom is 0.253 e. The van der Waals surface area contributed by atoms with Crippen molar-refractivity contribution in [1.29, 1.82) is 0 Å². The number of pyridine rings is 1. The van der Waals surface area contributed by atoms with Crippen LogP contribution in [0.4, 0.5) is 0 Å². The fourth-order valence-electron chi connectivity index (χ4n) is 2.48. The first-order chi connectivity index (χ1) is 11.7. The molecule has 1 aromatic carbocycles. The van der Waals surface area contributed by atoms with E-state index in [0.29, 0.717) is 24.3 Å². The van der Waals surface area contributed by atoms with Crippen molar-refractivity contribution >= 4 is 11.6 Å². The number of ether oxygens (including phenoxy) is 1. The highest BCUT2D eigenvalue weighted by atomic mass is 16.5. The van der Waals surface area contributed by atoms with Crippen LogP contribution in [0, 0.1) is 0 Å². The Morgan fingerprint density at radius 2 is 2.21 bits per heavy atom. The monoisotopic (exact) mass is 325 g/mol. The molecule has 0 saturated heterocycles. The van der Waals surface area contributed by atoms with Gasteiger partial charge in [-0.3, -0.25) is 4.79 Å². The topological polar surface area (TPSA) is 75.9 Å². The maximum absolute atomic E-state index is 12.1. The molecule has 6 heteroatoms. The normalized spacial score (nSPS) is 12.1. The smallest absolute Gasteiger partial charge is 0.253 e. The van der Waals surface area contributed by atoms with Crippen molar-refractivity contribution in [2.45, 2.75) is 12.5 Å². The number of hydrogen-bond donors (Lipinski definition) is 2. The summed E-state index contributed by atoms with van der Waals surface area (Å²) < 4.78 is 7.03. The lowest BCUT2D eigenvalue weighted by Gasteiger charge is -2.12. The fraction of sp³-hybridized carbons (Fsp3) is 0.222. The number of aromatic nitrogens is 2. The lowest BCUT2D eigenvalue weighted by Crippen LogP contribution is -2.31. The second-order valence-electron chi connectivity index (χ2n) is 5.42. The van der Waals surface area contributed by atoms with Gasteiger partial charge >= 0.3 is 0 Å². The molecule has 0 aliphatic heterocycles. The molecule has 0 fully saturated rings. The van der Waals surface area contributed by atoms with Gasteiger partial charge in [-0.1, -0.05) is 18.2 Å². The Labute approximate surface area is 139 Å². The van der Waals surface area contributed by atoms with Gasteiger partial charge in [0.15, 0.2) is 6.10 Å². The summed E-state index contributed by atoms with van der Waals surface area (Å²) in [6.45, 7) is 0.406. The van der Waals surface area contributed by atoms with E-state index in [1.54, 1.807) is 31.4 Å². The molecule has 1 atom stereocenters. The van der Waals surface area contributed by atoms with Crippen molar-refractivity contribution in [2.24, 2.45) is 0 Å². The number of nitrogens with zero attached hydrogens (tertiary/aromatic N) is 2. The number of carbonyl (C=O) groups excluding carboxylic acids is 1. The van der Waals surface area contributed by atoms with Crippen molar-refractivity contribution < 1.29 is 14.6 Å². The van der Waals surface area contributed by atoms with Gasteiger partial charge in [0.25, 0.3) is 5.91 Å². The van der Waals surface area contributed by atoms with Gasteiger partial charge in [-0.2, -0.15) is 0 Å².